The van der Waals surface area contributed by atoms with Crippen molar-refractivity contribution in [3.8, 4) is 0 Å². The molecule has 20 heavy (non-hydrogen) atoms. The second-order valence-corrected chi connectivity index (χ2v) is 5.78. The standard InChI is InChI=1S/C14H18N4OS/c1-4-12-16-7-11(8-17-12)14(19)15-6-5-13-18-9(2)10(3)20-13/h7-8H,4-6H2,1-3H3,(H,15,19). The van der Waals surface area contributed by atoms with Crippen LogP contribution >= 0.6 is 11.3 Å². The van der Waals surface area contributed by atoms with Gasteiger partial charge in [-0.05, 0) is 13.8 Å². The van der Waals surface area contributed by atoms with Crippen LogP contribution in [0.3, 0.4) is 0 Å². The van der Waals surface area contributed by atoms with E-state index in [0.717, 1.165) is 29.4 Å². The number of carbonyl (C=O) groups is 1. The quantitative estimate of drug-likeness (QED) is 0.915. The molecule has 0 aliphatic carbocycles. The number of amides is 1. The largest absolute Gasteiger partial charge is 0.352 e. The van der Waals surface area contributed by atoms with E-state index in [1.807, 2.05) is 13.8 Å². The Morgan fingerprint density at radius 1 is 1.30 bits per heavy atom. The Bertz CT molecular complexity index is 572. The second kappa shape index (κ2) is 6.56. The third kappa shape index (κ3) is 3.60. The molecule has 0 aliphatic rings. The Hall–Kier alpha value is -1.82. The summed E-state index contributed by atoms with van der Waals surface area (Å²) in [6, 6.07) is 0. The summed E-state index contributed by atoms with van der Waals surface area (Å²) in [7, 11) is 0. The van der Waals surface area contributed by atoms with Crippen molar-refractivity contribution in [1.82, 2.24) is 20.3 Å². The maximum Gasteiger partial charge on any atom is 0.254 e. The molecule has 2 rings (SSSR count). The van der Waals surface area contributed by atoms with Crippen LogP contribution in [0.1, 0.15) is 38.7 Å². The fraction of sp³-hybridized carbons (Fsp3) is 0.429. The molecule has 5 nitrogen and oxygen atoms in total. The molecule has 0 unspecified atom stereocenters. The fourth-order valence-electron chi connectivity index (χ4n) is 1.69. The molecule has 0 fully saturated rings. The molecule has 2 heterocycles. The monoisotopic (exact) mass is 290 g/mol. The first-order valence-electron chi connectivity index (χ1n) is 6.62. The van der Waals surface area contributed by atoms with Gasteiger partial charge in [-0.2, -0.15) is 0 Å². The molecule has 1 N–H and O–H groups in total. The summed E-state index contributed by atoms with van der Waals surface area (Å²) >= 11 is 1.68. The zero-order valence-electron chi connectivity index (χ0n) is 11.9. The number of carbonyl (C=O) groups excluding carboxylic acids is 1. The molecule has 6 heteroatoms. The third-order valence-corrected chi connectivity index (χ3v) is 4.11. The molecule has 2 aromatic rings. The van der Waals surface area contributed by atoms with Gasteiger partial charge in [0.25, 0.3) is 5.91 Å². The van der Waals surface area contributed by atoms with Crippen LogP contribution in [-0.4, -0.2) is 27.4 Å². The molecule has 1 amide bonds. The summed E-state index contributed by atoms with van der Waals surface area (Å²) in [6.45, 7) is 6.61. The van der Waals surface area contributed by atoms with Crippen molar-refractivity contribution in [1.29, 1.82) is 0 Å². The van der Waals surface area contributed by atoms with Crippen LogP contribution in [-0.2, 0) is 12.8 Å². The number of aryl methyl sites for hydroxylation is 3. The first kappa shape index (κ1) is 14.6. The Morgan fingerprint density at radius 3 is 2.55 bits per heavy atom. The SMILES string of the molecule is CCc1ncc(C(=O)NCCc2nc(C)c(C)s2)cn1. The van der Waals surface area contributed by atoms with Gasteiger partial charge in [0.15, 0.2) is 0 Å². The van der Waals surface area contributed by atoms with Crippen molar-refractivity contribution < 1.29 is 4.79 Å². The Kier molecular flexibility index (Phi) is 4.79. The van der Waals surface area contributed by atoms with Crippen LogP contribution in [0, 0.1) is 13.8 Å². The average molecular weight is 290 g/mol. The number of thiazole rings is 1. The lowest BCUT2D eigenvalue weighted by molar-refractivity contribution is 0.0953. The van der Waals surface area contributed by atoms with Gasteiger partial charge in [-0.3, -0.25) is 4.79 Å². The Labute approximate surface area is 122 Å². The van der Waals surface area contributed by atoms with Gasteiger partial charge in [-0.1, -0.05) is 6.92 Å². The summed E-state index contributed by atoms with van der Waals surface area (Å²) in [4.78, 5) is 25.8. The van der Waals surface area contributed by atoms with E-state index in [0.29, 0.717) is 12.1 Å². The summed E-state index contributed by atoms with van der Waals surface area (Å²) < 4.78 is 0. The van der Waals surface area contributed by atoms with Crippen molar-refractivity contribution >= 4 is 17.2 Å². The Balaban J connectivity index is 1.85. The molecule has 2 aromatic heterocycles. The lowest BCUT2D eigenvalue weighted by atomic mass is 10.3. The van der Waals surface area contributed by atoms with Crippen LogP contribution in [0.25, 0.3) is 0 Å². The van der Waals surface area contributed by atoms with E-state index in [9.17, 15) is 4.79 Å². The summed E-state index contributed by atoms with van der Waals surface area (Å²) in [5.74, 6) is 0.605. The zero-order chi connectivity index (χ0) is 14.5. The Morgan fingerprint density at radius 2 is 2.00 bits per heavy atom. The van der Waals surface area contributed by atoms with Gasteiger partial charge >= 0.3 is 0 Å². The number of rotatable bonds is 5. The van der Waals surface area contributed by atoms with E-state index >= 15 is 0 Å². The molecular weight excluding hydrogens is 272 g/mol. The highest BCUT2D eigenvalue weighted by atomic mass is 32.1. The highest BCUT2D eigenvalue weighted by molar-refractivity contribution is 7.11. The molecule has 0 bridgehead atoms. The predicted molar refractivity (Wildman–Crippen MR) is 79.0 cm³/mol. The minimum atomic E-state index is -0.141. The predicted octanol–water partition coefficient (Wildman–Crippen LogP) is 2.08. The topological polar surface area (TPSA) is 67.8 Å². The van der Waals surface area contributed by atoms with Crippen molar-refractivity contribution in [2.45, 2.75) is 33.6 Å². The van der Waals surface area contributed by atoms with Gasteiger partial charge < -0.3 is 5.32 Å². The normalized spacial score (nSPS) is 10.6. The van der Waals surface area contributed by atoms with Gasteiger partial charge in [-0.25, -0.2) is 15.0 Å². The van der Waals surface area contributed by atoms with E-state index < -0.39 is 0 Å². The smallest absolute Gasteiger partial charge is 0.254 e. The van der Waals surface area contributed by atoms with Crippen molar-refractivity contribution in [2.24, 2.45) is 0 Å². The maximum absolute atomic E-state index is 11.9. The van der Waals surface area contributed by atoms with Crippen molar-refractivity contribution in [3.63, 3.8) is 0 Å². The van der Waals surface area contributed by atoms with E-state index in [1.54, 1.807) is 23.7 Å². The van der Waals surface area contributed by atoms with E-state index in [2.05, 4.69) is 27.2 Å². The van der Waals surface area contributed by atoms with Crippen LogP contribution < -0.4 is 5.32 Å². The number of hydrogen-bond donors (Lipinski definition) is 1. The third-order valence-electron chi connectivity index (χ3n) is 2.98. The minimum absolute atomic E-state index is 0.141. The van der Waals surface area contributed by atoms with Crippen LogP contribution in [0.2, 0.25) is 0 Å². The summed E-state index contributed by atoms with van der Waals surface area (Å²) in [5, 5.41) is 3.91. The van der Waals surface area contributed by atoms with Crippen LogP contribution in [0.5, 0.6) is 0 Å². The molecule has 0 saturated carbocycles. The number of hydrogen-bond acceptors (Lipinski definition) is 5. The highest BCUT2D eigenvalue weighted by Crippen LogP contribution is 2.16. The van der Waals surface area contributed by atoms with E-state index in [4.69, 9.17) is 0 Å². The van der Waals surface area contributed by atoms with Gasteiger partial charge in [0.2, 0.25) is 0 Å². The average Bonchev–Trinajstić information content (AvgIpc) is 2.77. The molecule has 0 spiro atoms. The summed E-state index contributed by atoms with van der Waals surface area (Å²) in [5.41, 5.74) is 1.56. The second-order valence-electron chi connectivity index (χ2n) is 4.50. The maximum atomic E-state index is 11.9. The molecule has 0 radical (unpaired) electrons. The number of nitrogens with zero attached hydrogens (tertiary/aromatic N) is 3. The van der Waals surface area contributed by atoms with Crippen molar-refractivity contribution in [2.75, 3.05) is 6.54 Å². The molecule has 0 atom stereocenters. The molecule has 0 aromatic carbocycles. The lowest BCUT2D eigenvalue weighted by Gasteiger charge is -2.03. The lowest BCUT2D eigenvalue weighted by Crippen LogP contribution is -2.26. The first-order chi connectivity index (χ1) is 9.60. The molecule has 0 aliphatic heterocycles. The molecule has 0 saturated heterocycles. The van der Waals surface area contributed by atoms with Gasteiger partial charge in [0.1, 0.15) is 5.82 Å². The zero-order valence-corrected chi connectivity index (χ0v) is 12.8. The van der Waals surface area contributed by atoms with Gasteiger partial charge in [0, 0.05) is 36.7 Å². The number of aromatic nitrogens is 3. The molecular formula is C14H18N4OS. The molecule has 106 valence electrons. The minimum Gasteiger partial charge on any atom is -0.352 e. The van der Waals surface area contributed by atoms with Gasteiger partial charge in [-0.15, -0.1) is 11.3 Å². The highest BCUT2D eigenvalue weighted by Gasteiger charge is 2.08. The summed E-state index contributed by atoms with van der Waals surface area (Å²) in [6.07, 6.45) is 4.65. The number of nitrogens with one attached hydrogen (secondary N) is 1. The van der Waals surface area contributed by atoms with E-state index in [1.165, 1.54) is 4.88 Å². The van der Waals surface area contributed by atoms with Crippen molar-refractivity contribution in [3.05, 3.63) is 39.4 Å². The fourth-order valence-corrected chi connectivity index (χ4v) is 2.62. The first-order valence-corrected chi connectivity index (χ1v) is 7.43. The van der Waals surface area contributed by atoms with Crippen LogP contribution in [0.15, 0.2) is 12.4 Å². The van der Waals surface area contributed by atoms with Gasteiger partial charge in [0.05, 0.1) is 16.3 Å². The van der Waals surface area contributed by atoms with Crippen LogP contribution in [0.4, 0.5) is 0 Å². The van der Waals surface area contributed by atoms with E-state index in [-0.39, 0.29) is 5.91 Å².